The lowest BCUT2D eigenvalue weighted by atomic mass is 10.1. The van der Waals surface area contributed by atoms with Crippen molar-refractivity contribution in [3.05, 3.63) is 34.9 Å². The van der Waals surface area contributed by atoms with Gasteiger partial charge in [-0.15, -0.1) is 0 Å². The molecule has 2 nitrogen and oxygen atoms in total. The molecule has 0 radical (unpaired) electrons. The first-order valence-electron chi connectivity index (χ1n) is 4.83. The van der Waals surface area contributed by atoms with E-state index in [0.717, 1.165) is 23.6 Å². The molecule has 78 valence electrons. The van der Waals surface area contributed by atoms with Crippen molar-refractivity contribution in [1.29, 1.82) is 0 Å². The van der Waals surface area contributed by atoms with Crippen LogP contribution in [-0.4, -0.2) is 13.2 Å². The van der Waals surface area contributed by atoms with Gasteiger partial charge in [0.2, 0.25) is 0 Å². The number of halogens is 1. The Morgan fingerprint density at radius 2 is 2.29 bits per heavy atom. The van der Waals surface area contributed by atoms with E-state index in [0.29, 0.717) is 6.61 Å². The first-order valence-corrected chi connectivity index (χ1v) is 5.20. The van der Waals surface area contributed by atoms with Gasteiger partial charge in [-0.25, -0.2) is 0 Å². The largest absolute Gasteiger partial charge is 0.382 e. The molecule has 0 aliphatic carbocycles. The number of benzene rings is 1. The predicted molar refractivity (Wildman–Crippen MR) is 59.5 cm³/mol. The third-order valence-corrected chi connectivity index (χ3v) is 2.29. The topological polar surface area (TPSA) is 35.2 Å². The molecule has 3 heteroatoms. The first kappa shape index (κ1) is 11.5. The molecule has 1 aromatic rings. The van der Waals surface area contributed by atoms with E-state index in [4.69, 9.17) is 22.1 Å². The molecule has 1 atom stereocenters. The quantitative estimate of drug-likeness (QED) is 0.764. The highest BCUT2D eigenvalue weighted by molar-refractivity contribution is 6.30. The summed E-state index contributed by atoms with van der Waals surface area (Å²) in [7, 11) is 0. The highest BCUT2D eigenvalue weighted by Gasteiger charge is 2.05. The molecule has 0 bridgehead atoms. The molecule has 0 saturated heterocycles. The molecule has 1 rings (SSSR count). The molecule has 1 aromatic carbocycles. The molecule has 0 amide bonds. The second-order valence-corrected chi connectivity index (χ2v) is 3.58. The van der Waals surface area contributed by atoms with Gasteiger partial charge in [-0.3, -0.25) is 0 Å². The summed E-state index contributed by atoms with van der Waals surface area (Å²) in [6.45, 7) is 3.41. The maximum Gasteiger partial charge on any atom is 0.0483 e. The fraction of sp³-hybridized carbons (Fsp3) is 0.455. The lowest BCUT2D eigenvalue weighted by Crippen LogP contribution is -2.13. The third kappa shape index (κ3) is 3.66. The van der Waals surface area contributed by atoms with Gasteiger partial charge < -0.3 is 10.5 Å². The molecule has 0 aliphatic rings. The SMILES string of the molecule is CCOCCC(N)c1cccc(Cl)c1. The van der Waals surface area contributed by atoms with Crippen molar-refractivity contribution < 1.29 is 4.74 Å². The van der Waals surface area contributed by atoms with Crippen molar-refractivity contribution in [2.45, 2.75) is 19.4 Å². The molecule has 0 fully saturated rings. The summed E-state index contributed by atoms with van der Waals surface area (Å²) in [6, 6.07) is 7.67. The van der Waals surface area contributed by atoms with Gasteiger partial charge in [0.1, 0.15) is 0 Å². The number of ether oxygens (including phenoxy) is 1. The highest BCUT2D eigenvalue weighted by Crippen LogP contribution is 2.18. The van der Waals surface area contributed by atoms with Gasteiger partial charge in [-0.05, 0) is 31.0 Å². The van der Waals surface area contributed by atoms with E-state index < -0.39 is 0 Å². The molecule has 1 unspecified atom stereocenters. The van der Waals surface area contributed by atoms with Crippen LogP contribution in [0.15, 0.2) is 24.3 Å². The Morgan fingerprint density at radius 3 is 2.93 bits per heavy atom. The lowest BCUT2D eigenvalue weighted by Gasteiger charge is -2.11. The second-order valence-electron chi connectivity index (χ2n) is 3.15. The van der Waals surface area contributed by atoms with E-state index in [9.17, 15) is 0 Å². The van der Waals surface area contributed by atoms with Crippen LogP contribution in [0.3, 0.4) is 0 Å². The van der Waals surface area contributed by atoms with Gasteiger partial charge in [-0.1, -0.05) is 23.7 Å². The van der Waals surface area contributed by atoms with E-state index in [-0.39, 0.29) is 6.04 Å². The average Bonchev–Trinajstić information content (AvgIpc) is 2.18. The van der Waals surface area contributed by atoms with Crippen LogP contribution in [-0.2, 0) is 4.74 Å². The van der Waals surface area contributed by atoms with Crippen LogP contribution >= 0.6 is 11.6 Å². The van der Waals surface area contributed by atoms with Crippen LogP contribution in [0.5, 0.6) is 0 Å². The summed E-state index contributed by atoms with van der Waals surface area (Å²) in [4.78, 5) is 0. The minimum Gasteiger partial charge on any atom is -0.382 e. The van der Waals surface area contributed by atoms with Gasteiger partial charge in [0, 0.05) is 24.3 Å². The number of hydrogen-bond donors (Lipinski definition) is 1. The molecule has 0 saturated carbocycles. The average molecular weight is 214 g/mol. The zero-order valence-corrected chi connectivity index (χ0v) is 9.13. The third-order valence-electron chi connectivity index (χ3n) is 2.05. The Labute approximate surface area is 90.0 Å². The molecule has 0 spiro atoms. The van der Waals surface area contributed by atoms with Crippen molar-refractivity contribution in [2.75, 3.05) is 13.2 Å². The zero-order chi connectivity index (χ0) is 10.4. The maximum absolute atomic E-state index is 5.97. The first-order chi connectivity index (χ1) is 6.74. The fourth-order valence-corrected chi connectivity index (χ4v) is 1.46. The molecule has 0 heterocycles. The normalized spacial score (nSPS) is 12.8. The Balaban J connectivity index is 2.47. The molecular weight excluding hydrogens is 198 g/mol. The Kier molecular flexibility index (Phi) is 4.94. The van der Waals surface area contributed by atoms with Crippen molar-refractivity contribution in [3.8, 4) is 0 Å². The molecular formula is C11H16ClNO. The van der Waals surface area contributed by atoms with E-state index in [1.54, 1.807) is 0 Å². The van der Waals surface area contributed by atoms with Crippen molar-refractivity contribution in [2.24, 2.45) is 5.73 Å². The molecule has 0 aliphatic heterocycles. The van der Waals surface area contributed by atoms with E-state index in [2.05, 4.69) is 0 Å². The van der Waals surface area contributed by atoms with Crippen LogP contribution in [0.2, 0.25) is 5.02 Å². The van der Waals surface area contributed by atoms with Crippen LogP contribution in [0, 0.1) is 0 Å². The number of rotatable bonds is 5. The Bertz CT molecular complexity index is 278. The standard InChI is InChI=1S/C11H16ClNO/c1-2-14-7-6-11(13)9-4-3-5-10(12)8-9/h3-5,8,11H,2,6-7,13H2,1H3. The highest BCUT2D eigenvalue weighted by atomic mass is 35.5. The second kappa shape index (κ2) is 6.02. The summed E-state index contributed by atoms with van der Waals surface area (Å²) >= 11 is 5.86. The number of nitrogens with two attached hydrogens (primary N) is 1. The smallest absolute Gasteiger partial charge is 0.0483 e. The van der Waals surface area contributed by atoms with Crippen LogP contribution in [0.25, 0.3) is 0 Å². The van der Waals surface area contributed by atoms with Crippen molar-refractivity contribution >= 4 is 11.6 Å². The predicted octanol–water partition coefficient (Wildman–Crippen LogP) is 2.77. The van der Waals surface area contributed by atoms with Gasteiger partial charge in [-0.2, -0.15) is 0 Å². The minimum atomic E-state index is 0.0141. The molecule has 0 aromatic heterocycles. The summed E-state index contributed by atoms with van der Waals surface area (Å²) in [5.74, 6) is 0. The van der Waals surface area contributed by atoms with Crippen LogP contribution in [0.4, 0.5) is 0 Å². The lowest BCUT2D eigenvalue weighted by molar-refractivity contribution is 0.140. The molecule has 2 N–H and O–H groups in total. The Morgan fingerprint density at radius 1 is 1.50 bits per heavy atom. The van der Waals surface area contributed by atoms with Crippen LogP contribution in [0.1, 0.15) is 24.9 Å². The van der Waals surface area contributed by atoms with E-state index >= 15 is 0 Å². The van der Waals surface area contributed by atoms with Gasteiger partial charge in [0.25, 0.3) is 0 Å². The number of hydrogen-bond acceptors (Lipinski definition) is 2. The zero-order valence-electron chi connectivity index (χ0n) is 8.37. The van der Waals surface area contributed by atoms with Gasteiger partial charge in [0.15, 0.2) is 0 Å². The van der Waals surface area contributed by atoms with Gasteiger partial charge >= 0.3 is 0 Å². The van der Waals surface area contributed by atoms with Crippen molar-refractivity contribution in [1.82, 2.24) is 0 Å². The summed E-state index contributed by atoms with van der Waals surface area (Å²) in [6.07, 6.45) is 0.828. The maximum atomic E-state index is 5.97. The fourth-order valence-electron chi connectivity index (χ4n) is 1.26. The van der Waals surface area contributed by atoms with Crippen LogP contribution < -0.4 is 5.73 Å². The summed E-state index contributed by atoms with van der Waals surface area (Å²) in [5.41, 5.74) is 7.03. The van der Waals surface area contributed by atoms with E-state index in [1.807, 2.05) is 31.2 Å². The van der Waals surface area contributed by atoms with Crippen molar-refractivity contribution in [3.63, 3.8) is 0 Å². The van der Waals surface area contributed by atoms with Gasteiger partial charge in [0.05, 0.1) is 0 Å². The van der Waals surface area contributed by atoms with E-state index in [1.165, 1.54) is 0 Å². The summed E-state index contributed by atoms with van der Waals surface area (Å²) < 4.78 is 5.24. The summed E-state index contributed by atoms with van der Waals surface area (Å²) in [5, 5.41) is 0.731. The monoisotopic (exact) mass is 213 g/mol. The molecule has 14 heavy (non-hydrogen) atoms. The Hall–Kier alpha value is -0.570. The minimum absolute atomic E-state index is 0.0141.